The molecule has 262 valence electrons. The van der Waals surface area contributed by atoms with Crippen molar-refractivity contribution in [3.8, 4) is 0 Å². The van der Waals surface area contributed by atoms with E-state index in [9.17, 15) is 14.4 Å². The van der Waals surface area contributed by atoms with Gasteiger partial charge in [0.1, 0.15) is 16.4 Å². The molecule has 4 aromatic carbocycles. The van der Waals surface area contributed by atoms with Crippen LogP contribution >= 0.6 is 46.7 Å². The van der Waals surface area contributed by atoms with Gasteiger partial charge >= 0.3 is 0 Å². The predicted octanol–water partition coefficient (Wildman–Crippen LogP) is 8.10. The molecule has 1 fully saturated rings. The third kappa shape index (κ3) is 9.22. The normalized spacial score (nSPS) is 16.0. The number of benzene rings is 4. The highest BCUT2D eigenvalue weighted by atomic mass is 35.5. The summed E-state index contributed by atoms with van der Waals surface area (Å²) in [7, 11) is 0. The highest BCUT2D eigenvalue weighted by Gasteiger charge is 2.24. The van der Waals surface area contributed by atoms with Gasteiger partial charge in [0.05, 0.1) is 18.0 Å². The SMILES string of the molecule is CCOCCNC(=O)c1ccc2c(c1)N=C(Cl)c1ccccc1S2.O=C(NC1CCCCNC1=O)c1ccc2c(c1)N=C(Cl)c1ccccc1S2. The molecule has 4 aromatic rings. The maximum atomic E-state index is 12.7. The number of nitrogens with zero attached hydrogens (tertiary/aromatic N) is 2. The standard InChI is InChI=1S/C20H18ClN3O2S.C18H17ClN2O2S/c21-18-13-5-1-2-7-16(13)27-17-9-8-12(11-15(17)23-18)19(25)24-14-6-3-4-10-22-20(14)26;1-2-23-10-9-20-18(22)12-7-8-16-14(11-12)21-17(19)13-5-3-4-6-15(13)24-16/h1-2,5,7-9,11,14H,3-4,6,10H2,(H,22,26)(H,24,25);3-8,11H,2,9-10H2,1H3,(H,20,22). The van der Waals surface area contributed by atoms with E-state index in [4.69, 9.17) is 27.9 Å². The van der Waals surface area contributed by atoms with Gasteiger partial charge in [0.25, 0.3) is 11.8 Å². The van der Waals surface area contributed by atoms with Crippen LogP contribution in [0.5, 0.6) is 0 Å². The monoisotopic (exact) mass is 759 g/mol. The summed E-state index contributed by atoms with van der Waals surface area (Å²) >= 11 is 15.9. The van der Waals surface area contributed by atoms with Gasteiger partial charge in [-0.2, -0.15) is 0 Å². The molecule has 0 radical (unpaired) electrons. The second-order valence-corrected chi connectivity index (χ2v) is 14.5. The van der Waals surface area contributed by atoms with Gasteiger partial charge in [-0.15, -0.1) is 0 Å². The molecule has 0 bridgehead atoms. The van der Waals surface area contributed by atoms with Crippen molar-refractivity contribution in [3.63, 3.8) is 0 Å². The van der Waals surface area contributed by atoms with Gasteiger partial charge in [-0.1, -0.05) is 83.1 Å². The fourth-order valence-electron chi connectivity index (χ4n) is 5.49. The number of carbonyl (C=O) groups excluding carboxylic acids is 3. The van der Waals surface area contributed by atoms with Crippen molar-refractivity contribution in [2.45, 2.75) is 51.8 Å². The molecule has 3 aliphatic heterocycles. The summed E-state index contributed by atoms with van der Waals surface area (Å²) in [4.78, 5) is 49.9. The lowest BCUT2D eigenvalue weighted by atomic mass is 10.1. The lowest BCUT2D eigenvalue weighted by Gasteiger charge is -2.15. The van der Waals surface area contributed by atoms with E-state index >= 15 is 0 Å². The van der Waals surface area contributed by atoms with Crippen molar-refractivity contribution in [1.82, 2.24) is 16.0 Å². The number of aliphatic imine (C=N–C) groups is 2. The van der Waals surface area contributed by atoms with Crippen LogP contribution < -0.4 is 16.0 Å². The quantitative estimate of drug-likeness (QED) is 0.164. The van der Waals surface area contributed by atoms with Crippen molar-refractivity contribution in [2.75, 3.05) is 26.3 Å². The summed E-state index contributed by atoms with van der Waals surface area (Å²) in [6.07, 6.45) is 2.49. The zero-order valence-corrected chi connectivity index (χ0v) is 30.9. The first-order chi connectivity index (χ1) is 24.8. The van der Waals surface area contributed by atoms with Crippen LogP contribution in [0, 0.1) is 0 Å². The van der Waals surface area contributed by atoms with Crippen molar-refractivity contribution in [1.29, 1.82) is 0 Å². The lowest BCUT2D eigenvalue weighted by molar-refractivity contribution is -0.122. The number of rotatable bonds is 7. The van der Waals surface area contributed by atoms with Gasteiger partial charge < -0.3 is 20.7 Å². The molecule has 3 aliphatic rings. The van der Waals surface area contributed by atoms with Crippen LogP contribution in [0.25, 0.3) is 0 Å². The minimum Gasteiger partial charge on any atom is -0.380 e. The zero-order chi connectivity index (χ0) is 35.7. The maximum absolute atomic E-state index is 12.7. The van der Waals surface area contributed by atoms with Crippen molar-refractivity contribution in [2.24, 2.45) is 9.98 Å². The van der Waals surface area contributed by atoms with E-state index in [1.807, 2.05) is 67.6 Å². The Balaban J connectivity index is 0.000000177. The summed E-state index contributed by atoms with van der Waals surface area (Å²) in [5.41, 5.74) is 4.16. The fraction of sp³-hybridized carbons (Fsp3) is 0.237. The van der Waals surface area contributed by atoms with Gasteiger partial charge in [-0.25, -0.2) is 9.98 Å². The van der Waals surface area contributed by atoms with E-state index in [1.54, 1.807) is 47.8 Å². The average molecular weight is 761 g/mol. The molecule has 13 heteroatoms. The summed E-state index contributed by atoms with van der Waals surface area (Å²) in [5.74, 6) is -0.545. The summed E-state index contributed by atoms with van der Waals surface area (Å²) in [6.45, 7) is 4.21. The largest absolute Gasteiger partial charge is 0.380 e. The minimum absolute atomic E-state index is 0.123. The lowest BCUT2D eigenvalue weighted by Crippen LogP contribution is -2.45. The highest BCUT2D eigenvalue weighted by Crippen LogP contribution is 2.42. The minimum atomic E-state index is -0.496. The number of fused-ring (bicyclic) bond motifs is 4. The molecule has 0 spiro atoms. The van der Waals surface area contributed by atoms with E-state index in [-0.39, 0.29) is 17.7 Å². The summed E-state index contributed by atoms with van der Waals surface area (Å²) < 4.78 is 5.22. The van der Waals surface area contributed by atoms with Gasteiger partial charge in [0.2, 0.25) is 5.91 Å². The molecular formula is C38H35Cl2N5O4S2. The first-order valence-electron chi connectivity index (χ1n) is 16.6. The van der Waals surface area contributed by atoms with Crippen molar-refractivity contribution < 1.29 is 19.1 Å². The van der Waals surface area contributed by atoms with Gasteiger partial charge in [-0.3, -0.25) is 14.4 Å². The van der Waals surface area contributed by atoms with Crippen LogP contribution in [0.15, 0.2) is 114 Å². The second kappa shape index (κ2) is 17.4. The smallest absolute Gasteiger partial charge is 0.252 e. The zero-order valence-electron chi connectivity index (χ0n) is 27.7. The molecule has 1 saturated heterocycles. The Labute approximate surface area is 315 Å². The van der Waals surface area contributed by atoms with Crippen LogP contribution in [0.1, 0.15) is 58.0 Å². The molecule has 1 atom stereocenters. The van der Waals surface area contributed by atoms with E-state index in [0.717, 1.165) is 43.6 Å². The van der Waals surface area contributed by atoms with Crippen molar-refractivity contribution >= 4 is 86.2 Å². The molecule has 9 nitrogen and oxygen atoms in total. The molecule has 3 N–H and O–H groups in total. The Hall–Kier alpha value is -4.13. The Morgan fingerprint density at radius 1 is 0.804 bits per heavy atom. The molecule has 1 unspecified atom stereocenters. The molecule has 7 rings (SSSR count). The third-order valence-corrected chi connectivity index (χ3v) is 11.0. The molecule has 51 heavy (non-hydrogen) atoms. The number of amides is 3. The Morgan fingerprint density at radius 3 is 1.96 bits per heavy atom. The van der Waals surface area contributed by atoms with Crippen LogP contribution in [-0.2, 0) is 9.53 Å². The van der Waals surface area contributed by atoms with E-state index in [2.05, 4.69) is 25.9 Å². The van der Waals surface area contributed by atoms with E-state index < -0.39 is 6.04 Å². The molecule has 3 amide bonds. The topological polar surface area (TPSA) is 121 Å². The number of carbonyl (C=O) groups is 3. The summed E-state index contributed by atoms with van der Waals surface area (Å²) in [6, 6.07) is 26.0. The van der Waals surface area contributed by atoms with E-state index in [0.29, 0.717) is 65.6 Å². The Kier molecular flexibility index (Phi) is 12.5. The van der Waals surface area contributed by atoms with Crippen LogP contribution in [0.3, 0.4) is 0 Å². The van der Waals surface area contributed by atoms with Gasteiger partial charge in [-0.05, 0) is 74.7 Å². The molecule has 3 heterocycles. The number of ether oxygens (including phenoxy) is 1. The van der Waals surface area contributed by atoms with Gasteiger partial charge in [0, 0.05) is 61.5 Å². The summed E-state index contributed by atoms with van der Waals surface area (Å²) in [5, 5.41) is 9.33. The van der Waals surface area contributed by atoms with Crippen LogP contribution in [0.2, 0.25) is 0 Å². The van der Waals surface area contributed by atoms with Crippen molar-refractivity contribution in [3.05, 3.63) is 107 Å². The Morgan fingerprint density at radius 2 is 1.37 bits per heavy atom. The van der Waals surface area contributed by atoms with Crippen LogP contribution in [-0.4, -0.2) is 60.4 Å². The van der Waals surface area contributed by atoms with Gasteiger partial charge in [0.15, 0.2) is 0 Å². The molecule has 0 aromatic heterocycles. The third-order valence-electron chi connectivity index (χ3n) is 8.11. The predicted molar refractivity (Wildman–Crippen MR) is 205 cm³/mol. The number of hydrogen-bond donors (Lipinski definition) is 3. The molecular weight excluding hydrogens is 725 g/mol. The second-order valence-electron chi connectivity index (χ2n) is 11.6. The number of halogens is 2. The molecule has 0 saturated carbocycles. The number of nitrogens with one attached hydrogen (secondary N) is 3. The highest BCUT2D eigenvalue weighted by molar-refractivity contribution is 8.00. The maximum Gasteiger partial charge on any atom is 0.252 e. The average Bonchev–Trinajstić information content (AvgIpc) is 3.50. The molecule has 0 aliphatic carbocycles. The first-order valence-corrected chi connectivity index (χ1v) is 18.9. The number of hydrogen-bond acceptors (Lipinski definition) is 8. The van der Waals surface area contributed by atoms with Crippen LogP contribution in [0.4, 0.5) is 11.4 Å². The van der Waals surface area contributed by atoms with E-state index in [1.165, 1.54) is 0 Å². The fourth-order valence-corrected chi connectivity index (χ4v) is 8.12. The first kappa shape index (κ1) is 36.7. The Bertz CT molecular complexity index is 2020.